The van der Waals surface area contributed by atoms with Gasteiger partial charge in [-0.15, -0.1) is 0 Å². The lowest BCUT2D eigenvalue weighted by molar-refractivity contribution is -0.122. The number of carbonyl (C=O) groups is 1. The normalized spacial score (nSPS) is 17.8. The molecule has 1 aliphatic rings. The van der Waals surface area contributed by atoms with Gasteiger partial charge in [0.25, 0.3) is 5.56 Å². The van der Waals surface area contributed by atoms with Crippen molar-refractivity contribution in [1.82, 2.24) is 24.8 Å². The van der Waals surface area contributed by atoms with Crippen molar-refractivity contribution >= 4 is 11.9 Å². The second-order valence-corrected chi connectivity index (χ2v) is 6.19. The Kier molecular flexibility index (Phi) is 4.64. The molecule has 1 unspecified atom stereocenters. The Morgan fingerprint density at radius 3 is 3.00 bits per heavy atom. The number of piperidine rings is 1. The first-order valence-corrected chi connectivity index (χ1v) is 8.10. The summed E-state index contributed by atoms with van der Waals surface area (Å²) in [5.41, 5.74) is 1.27. The Morgan fingerprint density at radius 1 is 1.46 bits per heavy atom. The minimum Gasteiger partial charge on any atom is -0.350 e. The van der Waals surface area contributed by atoms with Gasteiger partial charge in [-0.1, -0.05) is 0 Å². The number of nitrogens with one attached hydrogen (secondary N) is 2. The van der Waals surface area contributed by atoms with E-state index in [-0.39, 0.29) is 24.1 Å². The molecule has 128 valence electrons. The first-order valence-electron chi connectivity index (χ1n) is 8.10. The average Bonchev–Trinajstić information content (AvgIpc) is 3.05. The van der Waals surface area contributed by atoms with Crippen LogP contribution in [0.2, 0.25) is 0 Å². The fourth-order valence-corrected chi connectivity index (χ4v) is 2.89. The van der Waals surface area contributed by atoms with Gasteiger partial charge >= 0.3 is 0 Å². The second-order valence-electron chi connectivity index (χ2n) is 6.19. The van der Waals surface area contributed by atoms with Gasteiger partial charge in [-0.25, -0.2) is 9.97 Å². The minimum absolute atomic E-state index is 0.0404. The van der Waals surface area contributed by atoms with Crippen molar-refractivity contribution in [1.29, 1.82) is 0 Å². The predicted octanol–water partition coefficient (Wildman–Crippen LogP) is 0.368. The topological polar surface area (TPSA) is 95.9 Å². The highest BCUT2D eigenvalue weighted by atomic mass is 16.2. The Bertz CT molecular complexity index is 767. The van der Waals surface area contributed by atoms with Gasteiger partial charge in [-0.05, 0) is 26.7 Å². The van der Waals surface area contributed by atoms with E-state index in [1.54, 1.807) is 30.2 Å². The van der Waals surface area contributed by atoms with Gasteiger partial charge < -0.3 is 14.8 Å². The maximum Gasteiger partial charge on any atom is 0.255 e. The molecule has 0 bridgehead atoms. The molecule has 2 aromatic rings. The molecule has 0 saturated carbocycles. The first kappa shape index (κ1) is 16.2. The monoisotopic (exact) mass is 330 g/mol. The summed E-state index contributed by atoms with van der Waals surface area (Å²) in [4.78, 5) is 37.3. The summed E-state index contributed by atoms with van der Waals surface area (Å²) in [5, 5.41) is 3.05. The molecule has 1 atom stereocenters. The number of imidazole rings is 1. The summed E-state index contributed by atoms with van der Waals surface area (Å²) >= 11 is 0. The van der Waals surface area contributed by atoms with Crippen molar-refractivity contribution in [2.45, 2.75) is 39.3 Å². The van der Waals surface area contributed by atoms with Crippen LogP contribution < -0.4 is 15.8 Å². The highest BCUT2D eigenvalue weighted by molar-refractivity contribution is 5.76. The van der Waals surface area contributed by atoms with Crippen molar-refractivity contribution in [3.05, 3.63) is 40.3 Å². The quantitative estimate of drug-likeness (QED) is 0.844. The van der Waals surface area contributed by atoms with E-state index in [2.05, 4.69) is 20.3 Å². The molecular weight excluding hydrogens is 308 g/mol. The summed E-state index contributed by atoms with van der Waals surface area (Å²) in [5.74, 6) is 0.540. The molecule has 2 aromatic heterocycles. The van der Waals surface area contributed by atoms with E-state index < -0.39 is 0 Å². The number of amides is 1. The van der Waals surface area contributed by atoms with Crippen molar-refractivity contribution in [3.63, 3.8) is 0 Å². The highest BCUT2D eigenvalue weighted by Crippen LogP contribution is 2.16. The largest absolute Gasteiger partial charge is 0.350 e. The molecule has 1 amide bonds. The second kappa shape index (κ2) is 6.86. The third-order valence-electron chi connectivity index (χ3n) is 4.35. The van der Waals surface area contributed by atoms with Gasteiger partial charge in [0.05, 0.1) is 6.33 Å². The van der Waals surface area contributed by atoms with Crippen LogP contribution in [0.25, 0.3) is 0 Å². The number of rotatable bonds is 4. The SMILES string of the molecule is Cc1nc(N2CCCC(NC(=O)Cn3ccnc3)C2)[nH]c(=O)c1C. The molecule has 1 aliphatic heterocycles. The third kappa shape index (κ3) is 3.64. The molecule has 0 aliphatic carbocycles. The maximum absolute atomic E-state index is 12.1. The van der Waals surface area contributed by atoms with Crippen molar-refractivity contribution < 1.29 is 4.79 Å². The van der Waals surface area contributed by atoms with Crippen LogP contribution in [0.1, 0.15) is 24.1 Å². The Labute approximate surface area is 139 Å². The lowest BCUT2D eigenvalue weighted by Crippen LogP contribution is -2.49. The van der Waals surface area contributed by atoms with E-state index in [4.69, 9.17) is 0 Å². The zero-order chi connectivity index (χ0) is 17.1. The lowest BCUT2D eigenvalue weighted by atomic mass is 10.1. The zero-order valence-electron chi connectivity index (χ0n) is 14.0. The van der Waals surface area contributed by atoms with Gasteiger partial charge in [0, 0.05) is 42.8 Å². The fraction of sp³-hybridized carbons (Fsp3) is 0.500. The molecule has 1 saturated heterocycles. The predicted molar refractivity (Wildman–Crippen MR) is 89.9 cm³/mol. The van der Waals surface area contributed by atoms with Gasteiger partial charge in [-0.3, -0.25) is 14.6 Å². The molecule has 8 heteroatoms. The van der Waals surface area contributed by atoms with E-state index in [0.29, 0.717) is 18.1 Å². The molecule has 0 spiro atoms. The third-order valence-corrected chi connectivity index (χ3v) is 4.35. The first-order chi connectivity index (χ1) is 11.5. The number of aryl methyl sites for hydroxylation is 1. The zero-order valence-corrected chi connectivity index (χ0v) is 14.0. The van der Waals surface area contributed by atoms with Gasteiger partial charge in [-0.2, -0.15) is 0 Å². The molecular formula is C16H22N6O2. The van der Waals surface area contributed by atoms with Crippen LogP contribution >= 0.6 is 0 Å². The number of anilines is 1. The maximum atomic E-state index is 12.1. The molecule has 24 heavy (non-hydrogen) atoms. The van der Waals surface area contributed by atoms with E-state index >= 15 is 0 Å². The Morgan fingerprint density at radius 2 is 2.29 bits per heavy atom. The van der Waals surface area contributed by atoms with Crippen LogP contribution in [0.3, 0.4) is 0 Å². The lowest BCUT2D eigenvalue weighted by Gasteiger charge is -2.33. The summed E-state index contributed by atoms with van der Waals surface area (Å²) in [6.45, 7) is 5.32. The van der Waals surface area contributed by atoms with Crippen LogP contribution in [-0.4, -0.2) is 44.6 Å². The fourth-order valence-electron chi connectivity index (χ4n) is 2.89. The molecule has 0 radical (unpaired) electrons. The molecule has 2 N–H and O–H groups in total. The number of nitrogens with zero attached hydrogens (tertiary/aromatic N) is 4. The smallest absolute Gasteiger partial charge is 0.255 e. The van der Waals surface area contributed by atoms with Crippen molar-refractivity contribution in [2.24, 2.45) is 0 Å². The Hall–Kier alpha value is -2.64. The van der Waals surface area contributed by atoms with Crippen LogP contribution in [0.15, 0.2) is 23.5 Å². The summed E-state index contributed by atoms with van der Waals surface area (Å²) in [7, 11) is 0. The van der Waals surface area contributed by atoms with Crippen molar-refractivity contribution in [2.75, 3.05) is 18.0 Å². The molecule has 3 rings (SSSR count). The number of hydrogen-bond acceptors (Lipinski definition) is 5. The van der Waals surface area contributed by atoms with Crippen LogP contribution in [0.5, 0.6) is 0 Å². The Balaban J connectivity index is 1.64. The number of carbonyl (C=O) groups excluding carboxylic acids is 1. The summed E-state index contributed by atoms with van der Waals surface area (Å²) < 4.78 is 1.73. The minimum atomic E-state index is -0.108. The van der Waals surface area contributed by atoms with E-state index in [0.717, 1.165) is 25.1 Å². The highest BCUT2D eigenvalue weighted by Gasteiger charge is 2.23. The molecule has 8 nitrogen and oxygen atoms in total. The van der Waals surface area contributed by atoms with Crippen molar-refractivity contribution in [3.8, 4) is 0 Å². The number of aromatic nitrogens is 4. The molecule has 1 fully saturated rings. The van der Waals surface area contributed by atoms with Gasteiger partial charge in [0.15, 0.2) is 0 Å². The number of H-pyrrole nitrogens is 1. The van der Waals surface area contributed by atoms with E-state index in [1.807, 2.05) is 11.8 Å². The number of aromatic amines is 1. The van der Waals surface area contributed by atoms with Gasteiger partial charge in [0.1, 0.15) is 6.54 Å². The summed E-state index contributed by atoms with van der Waals surface area (Å²) in [6.07, 6.45) is 6.89. The average molecular weight is 330 g/mol. The summed E-state index contributed by atoms with van der Waals surface area (Å²) in [6, 6.07) is 0.0432. The van der Waals surface area contributed by atoms with E-state index in [1.165, 1.54) is 0 Å². The molecule has 3 heterocycles. The molecule has 0 aromatic carbocycles. The standard InChI is InChI=1S/C16H22N6O2/c1-11-12(2)18-16(20-15(11)24)22-6-3-4-13(8-22)19-14(23)9-21-7-5-17-10-21/h5,7,10,13H,3-4,6,8-9H2,1-2H3,(H,19,23)(H,18,20,24). The van der Waals surface area contributed by atoms with Crippen LogP contribution in [0.4, 0.5) is 5.95 Å². The van der Waals surface area contributed by atoms with E-state index in [9.17, 15) is 9.59 Å². The van der Waals surface area contributed by atoms with Gasteiger partial charge in [0.2, 0.25) is 11.9 Å². The number of hydrogen-bond donors (Lipinski definition) is 2. The van der Waals surface area contributed by atoms with Crippen LogP contribution in [-0.2, 0) is 11.3 Å². The van der Waals surface area contributed by atoms with Crippen LogP contribution in [0, 0.1) is 13.8 Å².